The number of ether oxygens (including phenoxy) is 3. The van der Waals surface area contributed by atoms with E-state index in [0.717, 1.165) is 18.2 Å². The maximum Gasteiger partial charge on any atom is 0.281 e. The number of methoxy groups -OCH3 is 2. The Balaban J connectivity index is 1.35. The second kappa shape index (κ2) is 12.4. The number of rotatable bonds is 9. The molecule has 0 bridgehead atoms. The number of likely N-dealkylation sites (N-methyl/N-ethyl adjacent to an activating group) is 1. The highest BCUT2D eigenvalue weighted by Crippen LogP contribution is 2.36. The van der Waals surface area contributed by atoms with Crippen molar-refractivity contribution in [2.75, 3.05) is 46.8 Å². The third-order valence-corrected chi connectivity index (χ3v) is 7.43. The number of hydroxylamine groups is 2. The number of carbonyl (C=O) groups is 2. The van der Waals surface area contributed by atoms with Crippen molar-refractivity contribution in [1.29, 1.82) is 0 Å². The van der Waals surface area contributed by atoms with Crippen LogP contribution in [0.2, 0.25) is 5.02 Å². The molecule has 2 aliphatic rings. The largest absolute Gasteiger partial charge is 0.495 e. The standard InChI is InChI=1S/C28H30ClFN6O6/c1-35-9-8-19(23(14-35)40-3)32-25(37)16-10-22(39-2)20(11-18(16)30)33-28-31-12-17(29)26(34-28)42-21-7-5-6-15-13-36(41-4)27(38)24(15)21/h5-7,10-12,19,23H,8-9,13-14H2,1-4H3,(H,32,37)(H,31,33,34)/t19?,23-/m0/s1. The van der Waals surface area contributed by atoms with E-state index in [0.29, 0.717) is 18.5 Å². The minimum Gasteiger partial charge on any atom is -0.495 e. The van der Waals surface area contributed by atoms with Gasteiger partial charge in [0.15, 0.2) is 0 Å². The SMILES string of the molecule is COc1cc(C(=O)NC2CCN(C)C[C@@H]2OC)c(F)cc1Nc1ncc(Cl)c(Oc2cccc3c2C(=O)N(OC)C3)n1. The first kappa shape index (κ1) is 29.5. The molecule has 0 saturated carbocycles. The summed E-state index contributed by atoms with van der Waals surface area (Å²) in [5.41, 5.74) is 1.04. The molecule has 222 valence electrons. The Morgan fingerprint density at radius 2 is 2.00 bits per heavy atom. The molecule has 2 N–H and O–H groups in total. The quantitative estimate of drug-likeness (QED) is 0.374. The van der Waals surface area contributed by atoms with Gasteiger partial charge in [-0.25, -0.2) is 14.4 Å². The normalized spacial score (nSPS) is 18.5. The van der Waals surface area contributed by atoms with Crippen molar-refractivity contribution in [2.24, 2.45) is 0 Å². The van der Waals surface area contributed by atoms with Crippen LogP contribution in [-0.2, 0) is 16.1 Å². The van der Waals surface area contributed by atoms with Gasteiger partial charge in [-0.15, -0.1) is 0 Å². The molecule has 14 heteroatoms. The third kappa shape index (κ3) is 5.95. The molecular weight excluding hydrogens is 571 g/mol. The lowest BCUT2D eigenvalue weighted by atomic mass is 10.0. The van der Waals surface area contributed by atoms with Gasteiger partial charge >= 0.3 is 0 Å². The van der Waals surface area contributed by atoms with Crippen molar-refractivity contribution in [3.63, 3.8) is 0 Å². The van der Waals surface area contributed by atoms with Crippen LogP contribution in [0.25, 0.3) is 0 Å². The van der Waals surface area contributed by atoms with E-state index in [9.17, 15) is 9.59 Å². The molecule has 5 rings (SSSR count). The van der Waals surface area contributed by atoms with E-state index in [-0.39, 0.29) is 64.2 Å². The monoisotopic (exact) mass is 600 g/mol. The van der Waals surface area contributed by atoms with E-state index in [1.54, 1.807) is 25.3 Å². The first-order chi connectivity index (χ1) is 20.2. The summed E-state index contributed by atoms with van der Waals surface area (Å²) in [6.07, 6.45) is 1.75. The Bertz CT molecular complexity index is 1510. The zero-order chi connectivity index (χ0) is 30.0. The van der Waals surface area contributed by atoms with Crippen LogP contribution in [0, 0.1) is 5.82 Å². The summed E-state index contributed by atoms with van der Waals surface area (Å²) in [7, 11) is 6.37. The molecule has 2 atom stereocenters. The van der Waals surface area contributed by atoms with Gasteiger partial charge in [-0.05, 0) is 37.7 Å². The number of carbonyl (C=O) groups excluding carboxylic acids is 2. The van der Waals surface area contributed by atoms with E-state index < -0.39 is 11.7 Å². The van der Waals surface area contributed by atoms with Crippen molar-refractivity contribution < 1.29 is 33.0 Å². The number of fused-ring (bicyclic) bond motifs is 1. The van der Waals surface area contributed by atoms with Crippen molar-refractivity contribution in [1.82, 2.24) is 25.2 Å². The van der Waals surface area contributed by atoms with Gasteiger partial charge in [-0.2, -0.15) is 4.98 Å². The van der Waals surface area contributed by atoms with E-state index in [1.807, 2.05) is 7.05 Å². The topological polar surface area (TPSA) is 127 Å². The number of anilines is 2. The number of hydrogen-bond acceptors (Lipinski definition) is 10. The van der Waals surface area contributed by atoms with E-state index in [1.165, 1.54) is 31.5 Å². The summed E-state index contributed by atoms with van der Waals surface area (Å²) >= 11 is 6.30. The molecule has 0 radical (unpaired) electrons. The summed E-state index contributed by atoms with van der Waals surface area (Å²) in [5.74, 6) is -1.31. The summed E-state index contributed by atoms with van der Waals surface area (Å²) in [4.78, 5) is 41.4. The second-order valence-corrected chi connectivity index (χ2v) is 10.2. The lowest BCUT2D eigenvalue weighted by Gasteiger charge is -2.36. The number of amides is 2. The molecule has 3 aromatic rings. The molecule has 2 amide bonds. The predicted molar refractivity (Wildman–Crippen MR) is 151 cm³/mol. The third-order valence-electron chi connectivity index (χ3n) is 7.17. The van der Waals surface area contributed by atoms with Crippen LogP contribution >= 0.6 is 11.6 Å². The number of hydrogen-bond donors (Lipinski definition) is 2. The Morgan fingerprint density at radius 3 is 2.74 bits per heavy atom. The van der Waals surface area contributed by atoms with Gasteiger partial charge in [-0.3, -0.25) is 14.4 Å². The Morgan fingerprint density at radius 1 is 1.19 bits per heavy atom. The number of halogens is 2. The maximum atomic E-state index is 15.2. The molecule has 1 saturated heterocycles. The number of nitrogens with one attached hydrogen (secondary N) is 2. The highest BCUT2D eigenvalue weighted by Gasteiger charge is 2.32. The molecule has 12 nitrogen and oxygen atoms in total. The van der Waals surface area contributed by atoms with Crippen LogP contribution in [-0.4, -0.2) is 85.4 Å². The van der Waals surface area contributed by atoms with Crippen molar-refractivity contribution in [3.8, 4) is 17.4 Å². The number of benzene rings is 2. The van der Waals surface area contributed by atoms with Gasteiger partial charge in [0.05, 0.1) is 55.9 Å². The minimum absolute atomic E-state index is 0.0102. The molecule has 2 aliphatic heterocycles. The Labute approximate surface area is 246 Å². The average molecular weight is 601 g/mol. The molecule has 42 heavy (non-hydrogen) atoms. The van der Waals surface area contributed by atoms with Crippen LogP contribution in [0.1, 0.15) is 32.7 Å². The van der Waals surface area contributed by atoms with Crippen molar-refractivity contribution in [3.05, 3.63) is 64.1 Å². The summed E-state index contributed by atoms with van der Waals surface area (Å²) in [6.45, 7) is 1.70. The van der Waals surface area contributed by atoms with Crippen LogP contribution < -0.4 is 20.1 Å². The molecule has 0 spiro atoms. The smallest absolute Gasteiger partial charge is 0.281 e. The molecule has 1 unspecified atom stereocenters. The Kier molecular flexibility index (Phi) is 8.73. The fraction of sp³-hybridized carbons (Fsp3) is 0.357. The predicted octanol–water partition coefficient (Wildman–Crippen LogP) is 3.78. The minimum atomic E-state index is -0.774. The highest BCUT2D eigenvalue weighted by atomic mass is 35.5. The Hall–Kier alpha value is -4.04. The van der Waals surface area contributed by atoms with Crippen LogP contribution in [0.3, 0.4) is 0 Å². The first-order valence-electron chi connectivity index (χ1n) is 13.1. The van der Waals surface area contributed by atoms with E-state index in [4.69, 9.17) is 30.6 Å². The van der Waals surface area contributed by atoms with Gasteiger partial charge in [0.25, 0.3) is 11.8 Å². The van der Waals surface area contributed by atoms with Crippen molar-refractivity contribution >= 4 is 35.1 Å². The lowest BCUT2D eigenvalue weighted by Crippen LogP contribution is -2.53. The van der Waals surface area contributed by atoms with E-state index >= 15 is 4.39 Å². The number of likely N-dealkylation sites (tertiary alicyclic amines) is 1. The number of nitrogens with zero attached hydrogens (tertiary/aromatic N) is 4. The van der Waals surface area contributed by atoms with Crippen LogP contribution in [0.15, 0.2) is 36.5 Å². The number of piperidine rings is 1. The molecule has 1 fully saturated rings. The first-order valence-corrected chi connectivity index (χ1v) is 13.4. The lowest BCUT2D eigenvalue weighted by molar-refractivity contribution is -0.0957. The summed E-state index contributed by atoms with van der Waals surface area (Å²) in [6, 6.07) is 7.31. The van der Waals surface area contributed by atoms with Crippen molar-refractivity contribution in [2.45, 2.75) is 25.1 Å². The van der Waals surface area contributed by atoms with Gasteiger partial charge in [0, 0.05) is 19.7 Å². The number of aromatic nitrogens is 2. The van der Waals surface area contributed by atoms with E-state index in [2.05, 4.69) is 25.5 Å². The summed E-state index contributed by atoms with van der Waals surface area (Å²) in [5, 5.41) is 7.06. The van der Waals surface area contributed by atoms with Gasteiger partial charge in [-0.1, -0.05) is 23.7 Å². The van der Waals surface area contributed by atoms with Gasteiger partial charge in [0.1, 0.15) is 22.3 Å². The second-order valence-electron chi connectivity index (χ2n) is 9.83. The summed E-state index contributed by atoms with van der Waals surface area (Å²) < 4.78 is 32.1. The molecular formula is C28H30ClFN6O6. The zero-order valence-corrected chi connectivity index (χ0v) is 24.2. The fourth-order valence-corrected chi connectivity index (χ4v) is 5.09. The van der Waals surface area contributed by atoms with Crippen LogP contribution in [0.4, 0.5) is 16.0 Å². The molecule has 2 aromatic carbocycles. The van der Waals surface area contributed by atoms with Gasteiger partial charge < -0.3 is 29.7 Å². The zero-order valence-electron chi connectivity index (χ0n) is 23.4. The van der Waals surface area contributed by atoms with Gasteiger partial charge in [0.2, 0.25) is 11.8 Å². The fourth-order valence-electron chi connectivity index (χ4n) is 4.96. The molecule has 1 aromatic heterocycles. The average Bonchev–Trinajstić information content (AvgIpc) is 3.31. The highest BCUT2D eigenvalue weighted by molar-refractivity contribution is 6.31. The molecule has 3 heterocycles. The maximum absolute atomic E-state index is 15.2. The molecule has 0 aliphatic carbocycles. The van der Waals surface area contributed by atoms with Crippen LogP contribution in [0.5, 0.6) is 17.4 Å².